The predicted octanol–water partition coefficient (Wildman–Crippen LogP) is 3.26. The molecular weight excluding hydrogens is 255 g/mol. The highest BCUT2D eigenvalue weighted by molar-refractivity contribution is 9.10. The maximum absolute atomic E-state index is 5.69. The molecule has 0 spiro atoms. The van der Waals surface area contributed by atoms with Crippen molar-refractivity contribution >= 4 is 38.6 Å². The van der Waals surface area contributed by atoms with Crippen molar-refractivity contribution in [2.75, 3.05) is 0 Å². The molecule has 2 heterocycles. The van der Waals surface area contributed by atoms with E-state index in [4.69, 9.17) is 16.0 Å². The van der Waals surface area contributed by atoms with Crippen molar-refractivity contribution in [2.24, 2.45) is 0 Å². The lowest BCUT2D eigenvalue weighted by Gasteiger charge is -1.94. The van der Waals surface area contributed by atoms with E-state index in [0.29, 0.717) is 5.71 Å². The van der Waals surface area contributed by atoms with E-state index in [1.807, 2.05) is 13.8 Å². The highest BCUT2D eigenvalue weighted by Gasteiger charge is 2.13. The molecule has 13 heavy (non-hydrogen) atoms. The molecular formula is C8H6BrClN2O. The second kappa shape index (κ2) is 2.96. The summed E-state index contributed by atoms with van der Waals surface area (Å²) in [5.41, 5.74) is 1.35. The standard InChI is InChI=1S/C8H6BrClN2O/c1-3-5-6(9)4(2)13-7(5)12-8(10)11-3/h1-2H3. The van der Waals surface area contributed by atoms with Crippen LogP contribution in [0, 0.1) is 13.8 Å². The van der Waals surface area contributed by atoms with Crippen LogP contribution in [0.25, 0.3) is 11.1 Å². The Morgan fingerprint density at radius 2 is 2.00 bits per heavy atom. The van der Waals surface area contributed by atoms with Crippen LogP contribution in [0.5, 0.6) is 0 Å². The zero-order valence-corrected chi connectivity index (χ0v) is 9.40. The van der Waals surface area contributed by atoms with E-state index >= 15 is 0 Å². The Bertz CT molecular complexity index is 480. The molecule has 0 aromatic carbocycles. The molecule has 2 aromatic rings. The van der Waals surface area contributed by atoms with Gasteiger partial charge in [-0.2, -0.15) is 4.98 Å². The molecule has 0 aliphatic carbocycles. The van der Waals surface area contributed by atoms with E-state index in [9.17, 15) is 0 Å². The summed E-state index contributed by atoms with van der Waals surface area (Å²) in [6.07, 6.45) is 0. The van der Waals surface area contributed by atoms with Gasteiger partial charge in [-0.15, -0.1) is 0 Å². The van der Waals surface area contributed by atoms with Gasteiger partial charge in [-0.3, -0.25) is 0 Å². The Morgan fingerprint density at radius 1 is 1.31 bits per heavy atom. The first-order valence-electron chi connectivity index (χ1n) is 3.68. The van der Waals surface area contributed by atoms with Crippen molar-refractivity contribution < 1.29 is 4.42 Å². The number of aromatic nitrogens is 2. The number of fused-ring (bicyclic) bond motifs is 1. The Balaban J connectivity index is 2.94. The van der Waals surface area contributed by atoms with E-state index < -0.39 is 0 Å². The number of aryl methyl sites for hydroxylation is 2. The second-order valence-electron chi connectivity index (χ2n) is 2.73. The molecule has 0 saturated carbocycles. The Morgan fingerprint density at radius 3 is 2.69 bits per heavy atom. The van der Waals surface area contributed by atoms with Crippen molar-refractivity contribution in [3.8, 4) is 0 Å². The van der Waals surface area contributed by atoms with Gasteiger partial charge in [0.2, 0.25) is 11.0 Å². The fourth-order valence-electron chi connectivity index (χ4n) is 1.21. The van der Waals surface area contributed by atoms with Crippen LogP contribution in [-0.4, -0.2) is 9.97 Å². The molecule has 0 aliphatic heterocycles. The molecule has 0 amide bonds. The van der Waals surface area contributed by atoms with E-state index in [1.165, 1.54) is 0 Å². The van der Waals surface area contributed by atoms with Crippen LogP contribution in [0.3, 0.4) is 0 Å². The summed E-state index contributed by atoms with van der Waals surface area (Å²) in [4.78, 5) is 8.02. The minimum absolute atomic E-state index is 0.214. The average molecular weight is 262 g/mol. The number of hydrogen-bond acceptors (Lipinski definition) is 3. The molecule has 5 heteroatoms. The molecule has 0 radical (unpaired) electrons. The molecule has 0 aliphatic rings. The quantitative estimate of drug-likeness (QED) is 0.683. The van der Waals surface area contributed by atoms with E-state index in [0.717, 1.165) is 21.3 Å². The van der Waals surface area contributed by atoms with Crippen molar-refractivity contribution in [1.29, 1.82) is 0 Å². The summed E-state index contributed by atoms with van der Waals surface area (Å²) in [5.74, 6) is 0.787. The third kappa shape index (κ3) is 1.34. The molecule has 2 rings (SSSR count). The van der Waals surface area contributed by atoms with Gasteiger partial charge in [0.15, 0.2) is 0 Å². The molecule has 0 N–H and O–H groups in total. The third-order valence-electron chi connectivity index (χ3n) is 1.81. The molecule has 0 fully saturated rings. The van der Waals surface area contributed by atoms with Crippen LogP contribution >= 0.6 is 27.5 Å². The Labute approximate surface area is 88.2 Å². The second-order valence-corrected chi connectivity index (χ2v) is 3.86. The fraction of sp³-hybridized carbons (Fsp3) is 0.250. The highest BCUT2D eigenvalue weighted by Crippen LogP contribution is 2.31. The van der Waals surface area contributed by atoms with Crippen LogP contribution in [-0.2, 0) is 0 Å². The first-order valence-corrected chi connectivity index (χ1v) is 4.85. The molecule has 2 aromatic heterocycles. The normalized spacial score (nSPS) is 11.1. The summed E-state index contributed by atoms with van der Waals surface area (Å²) in [6.45, 7) is 3.73. The summed E-state index contributed by atoms with van der Waals surface area (Å²) >= 11 is 9.10. The maximum Gasteiger partial charge on any atom is 0.232 e. The van der Waals surface area contributed by atoms with Crippen molar-refractivity contribution in [1.82, 2.24) is 9.97 Å². The summed E-state index contributed by atoms with van der Waals surface area (Å²) in [6, 6.07) is 0. The number of rotatable bonds is 0. The predicted molar refractivity (Wildman–Crippen MR) is 54.0 cm³/mol. The van der Waals surface area contributed by atoms with E-state index in [2.05, 4.69) is 25.9 Å². The van der Waals surface area contributed by atoms with Gasteiger partial charge in [0.1, 0.15) is 5.76 Å². The number of nitrogens with zero attached hydrogens (tertiary/aromatic N) is 2. The van der Waals surface area contributed by atoms with Crippen LogP contribution in [0.1, 0.15) is 11.5 Å². The molecule has 0 saturated heterocycles. The lowest BCUT2D eigenvalue weighted by atomic mass is 10.3. The minimum Gasteiger partial charge on any atom is -0.442 e. The molecule has 3 nitrogen and oxygen atoms in total. The summed E-state index contributed by atoms with van der Waals surface area (Å²) < 4.78 is 6.28. The van der Waals surface area contributed by atoms with Crippen LogP contribution in [0.4, 0.5) is 0 Å². The monoisotopic (exact) mass is 260 g/mol. The number of halogens is 2. The minimum atomic E-state index is 0.214. The van der Waals surface area contributed by atoms with Gasteiger partial charge in [-0.1, -0.05) is 0 Å². The molecule has 0 bridgehead atoms. The third-order valence-corrected chi connectivity index (χ3v) is 2.93. The van der Waals surface area contributed by atoms with E-state index in [1.54, 1.807) is 0 Å². The van der Waals surface area contributed by atoms with Gasteiger partial charge < -0.3 is 4.42 Å². The Kier molecular flexibility index (Phi) is 2.04. The maximum atomic E-state index is 5.69. The molecule has 0 atom stereocenters. The largest absolute Gasteiger partial charge is 0.442 e. The highest BCUT2D eigenvalue weighted by atomic mass is 79.9. The van der Waals surface area contributed by atoms with Crippen molar-refractivity contribution in [3.05, 3.63) is 21.2 Å². The van der Waals surface area contributed by atoms with Gasteiger partial charge in [0.05, 0.1) is 15.6 Å². The van der Waals surface area contributed by atoms with Gasteiger partial charge in [0.25, 0.3) is 0 Å². The molecule has 68 valence electrons. The van der Waals surface area contributed by atoms with Gasteiger partial charge in [-0.05, 0) is 41.4 Å². The fourth-order valence-corrected chi connectivity index (χ4v) is 1.95. The van der Waals surface area contributed by atoms with Gasteiger partial charge in [0, 0.05) is 0 Å². The summed E-state index contributed by atoms with van der Waals surface area (Å²) in [7, 11) is 0. The zero-order valence-electron chi connectivity index (χ0n) is 7.06. The smallest absolute Gasteiger partial charge is 0.232 e. The summed E-state index contributed by atoms with van der Waals surface area (Å²) in [5, 5.41) is 1.10. The number of hydrogen-bond donors (Lipinski definition) is 0. The first-order chi connectivity index (χ1) is 6.09. The average Bonchev–Trinajstić information content (AvgIpc) is 2.27. The van der Waals surface area contributed by atoms with Crippen molar-refractivity contribution in [2.45, 2.75) is 13.8 Å². The molecule has 0 unspecified atom stereocenters. The van der Waals surface area contributed by atoms with Gasteiger partial charge >= 0.3 is 0 Å². The van der Waals surface area contributed by atoms with Crippen molar-refractivity contribution in [3.63, 3.8) is 0 Å². The van der Waals surface area contributed by atoms with Gasteiger partial charge in [-0.25, -0.2) is 4.98 Å². The van der Waals surface area contributed by atoms with Crippen LogP contribution in [0.15, 0.2) is 8.89 Å². The lowest BCUT2D eigenvalue weighted by molar-refractivity contribution is 0.564. The van der Waals surface area contributed by atoms with Crippen LogP contribution < -0.4 is 0 Å². The zero-order chi connectivity index (χ0) is 9.59. The lowest BCUT2D eigenvalue weighted by Crippen LogP contribution is -1.86. The van der Waals surface area contributed by atoms with E-state index in [-0.39, 0.29) is 5.28 Å². The SMILES string of the molecule is Cc1oc2nc(Cl)nc(C)c2c1Br. The first kappa shape index (κ1) is 8.97. The topological polar surface area (TPSA) is 38.9 Å². The Hall–Kier alpha value is -0.610. The van der Waals surface area contributed by atoms with Crippen LogP contribution in [0.2, 0.25) is 5.28 Å². The number of furan rings is 1.